The number of nitrogens with zero attached hydrogens (tertiary/aromatic N) is 4. The smallest absolute Gasteiger partial charge is 0.152 e. The summed E-state index contributed by atoms with van der Waals surface area (Å²) < 4.78 is 24.8. The van der Waals surface area contributed by atoms with Gasteiger partial charge in [0.1, 0.15) is 5.69 Å². The molecule has 0 radical (unpaired) electrons. The normalized spacial score (nSPS) is 12.4. The minimum Gasteiger partial charge on any atom is -0.755 e. The molecule has 0 fully saturated rings. The maximum absolute atomic E-state index is 10.9. The van der Waals surface area contributed by atoms with Gasteiger partial charge in [-0.1, -0.05) is 0 Å². The topological polar surface area (TPSA) is 74.1 Å². The summed E-state index contributed by atoms with van der Waals surface area (Å²) in [7, 11) is 1.44. The van der Waals surface area contributed by atoms with Gasteiger partial charge in [0.15, 0.2) is 4.60 Å². The molecule has 0 aliphatic carbocycles. The first kappa shape index (κ1) is 12.2. The molecule has 2 rings (SSSR count). The van der Waals surface area contributed by atoms with Crippen LogP contribution in [0.25, 0.3) is 5.69 Å². The zero-order valence-corrected chi connectivity index (χ0v) is 11.2. The monoisotopic (exact) mass is 315 g/mol. The molecule has 0 aliphatic heterocycles. The molecule has 90 valence electrons. The van der Waals surface area contributed by atoms with Gasteiger partial charge < -0.3 is 8.86 Å². The molecule has 0 aromatic carbocycles. The van der Waals surface area contributed by atoms with Gasteiger partial charge in [0.05, 0.1) is 18.1 Å². The second-order valence-electron chi connectivity index (χ2n) is 3.18. The van der Waals surface area contributed by atoms with Crippen LogP contribution >= 0.6 is 15.9 Å². The van der Waals surface area contributed by atoms with Crippen molar-refractivity contribution in [2.45, 2.75) is 0 Å². The Bertz CT molecular complexity index is 545. The Balaban J connectivity index is 2.41. The maximum Gasteiger partial charge on any atom is 0.152 e. The summed E-state index contributed by atoms with van der Waals surface area (Å²) in [6, 6.07) is 3.60. The molecule has 2 heterocycles. The van der Waals surface area contributed by atoms with Crippen molar-refractivity contribution >= 4 is 32.9 Å². The molecule has 0 spiro atoms. The average Bonchev–Trinajstić information content (AvgIpc) is 2.71. The zero-order chi connectivity index (χ0) is 12.4. The van der Waals surface area contributed by atoms with Gasteiger partial charge >= 0.3 is 0 Å². The Labute approximate surface area is 109 Å². The number of anilines is 1. The molecule has 0 aliphatic rings. The summed E-state index contributed by atoms with van der Waals surface area (Å²) >= 11 is 0.886. The van der Waals surface area contributed by atoms with Crippen molar-refractivity contribution in [2.24, 2.45) is 0 Å². The minimum atomic E-state index is -2.33. The van der Waals surface area contributed by atoms with Gasteiger partial charge in [0, 0.05) is 24.5 Å². The molecule has 0 saturated carbocycles. The molecule has 17 heavy (non-hydrogen) atoms. The second kappa shape index (κ2) is 4.94. The Kier molecular flexibility index (Phi) is 3.55. The summed E-state index contributed by atoms with van der Waals surface area (Å²) in [4.78, 5) is 3.97. The molecule has 1 atom stereocenters. The fourth-order valence-corrected chi connectivity index (χ4v) is 2.21. The van der Waals surface area contributed by atoms with E-state index in [0.29, 0.717) is 10.3 Å². The zero-order valence-electron chi connectivity index (χ0n) is 8.78. The van der Waals surface area contributed by atoms with E-state index >= 15 is 0 Å². The predicted octanol–water partition coefficient (Wildman–Crippen LogP) is 1.26. The van der Waals surface area contributed by atoms with Crippen LogP contribution in [0.2, 0.25) is 0 Å². The van der Waals surface area contributed by atoms with Gasteiger partial charge in [-0.25, -0.2) is 4.68 Å². The maximum atomic E-state index is 10.9. The predicted molar refractivity (Wildman–Crippen MR) is 66.4 cm³/mol. The third-order valence-electron chi connectivity index (χ3n) is 2.12. The van der Waals surface area contributed by atoms with E-state index in [2.05, 4.69) is 26.0 Å². The molecule has 0 N–H and O–H groups in total. The van der Waals surface area contributed by atoms with Crippen molar-refractivity contribution in [3.05, 3.63) is 35.3 Å². The minimum absolute atomic E-state index is 0.452. The molecule has 1 unspecified atom stereocenters. The van der Waals surface area contributed by atoms with Crippen molar-refractivity contribution in [2.75, 3.05) is 11.4 Å². The highest BCUT2D eigenvalue weighted by atomic mass is 79.9. The van der Waals surface area contributed by atoms with Crippen LogP contribution in [0.5, 0.6) is 0 Å². The van der Waals surface area contributed by atoms with Crippen LogP contribution in [0, 0.1) is 0 Å². The van der Waals surface area contributed by atoms with Crippen LogP contribution in [-0.4, -0.2) is 30.6 Å². The molecule has 0 amide bonds. The molecular formula is C9H8BrN4O2S-. The van der Waals surface area contributed by atoms with Gasteiger partial charge in [0.25, 0.3) is 0 Å². The molecule has 8 heteroatoms. The highest BCUT2D eigenvalue weighted by Crippen LogP contribution is 2.25. The lowest BCUT2D eigenvalue weighted by atomic mass is 10.4. The van der Waals surface area contributed by atoms with E-state index in [-0.39, 0.29) is 0 Å². The van der Waals surface area contributed by atoms with E-state index in [1.54, 1.807) is 29.3 Å². The highest BCUT2D eigenvalue weighted by Gasteiger charge is 2.12. The molecule has 0 saturated heterocycles. The van der Waals surface area contributed by atoms with Crippen molar-refractivity contribution in [3.63, 3.8) is 0 Å². The Morgan fingerprint density at radius 2 is 2.35 bits per heavy atom. The molecule has 2 aromatic rings. The number of pyridine rings is 1. The summed E-state index contributed by atoms with van der Waals surface area (Å²) in [6.07, 6.45) is 4.90. The van der Waals surface area contributed by atoms with Crippen molar-refractivity contribution < 1.29 is 8.76 Å². The van der Waals surface area contributed by atoms with Crippen LogP contribution in [0.3, 0.4) is 0 Å². The quantitative estimate of drug-likeness (QED) is 0.799. The third kappa shape index (κ3) is 2.54. The van der Waals surface area contributed by atoms with Gasteiger partial charge in [-0.2, -0.15) is 5.10 Å². The summed E-state index contributed by atoms with van der Waals surface area (Å²) in [6.45, 7) is 0. The number of rotatable bonds is 3. The Morgan fingerprint density at radius 3 is 2.94 bits per heavy atom. The fraction of sp³-hybridized carbons (Fsp3) is 0.111. The van der Waals surface area contributed by atoms with Crippen LogP contribution in [0.4, 0.5) is 5.69 Å². The van der Waals surface area contributed by atoms with Crippen molar-refractivity contribution in [1.29, 1.82) is 0 Å². The van der Waals surface area contributed by atoms with Gasteiger partial charge in [0.2, 0.25) is 0 Å². The first-order chi connectivity index (χ1) is 8.09. The van der Waals surface area contributed by atoms with Crippen molar-refractivity contribution in [3.8, 4) is 5.69 Å². The molecule has 2 aromatic heterocycles. The third-order valence-corrected chi connectivity index (χ3v) is 3.33. The first-order valence-corrected chi connectivity index (χ1v) is 6.41. The molecular weight excluding hydrogens is 308 g/mol. The lowest BCUT2D eigenvalue weighted by molar-refractivity contribution is 0.535. The average molecular weight is 316 g/mol. The van der Waals surface area contributed by atoms with Crippen LogP contribution in [0.1, 0.15) is 0 Å². The summed E-state index contributed by atoms with van der Waals surface area (Å²) in [5, 5.41) is 4.16. The second-order valence-corrected chi connectivity index (χ2v) is 4.91. The SMILES string of the molecule is CN(c1cn(-c2cccnc2)nc1Br)S(=O)[O-]. The molecule has 6 nitrogen and oxygen atoms in total. The number of halogens is 1. The van der Waals surface area contributed by atoms with E-state index in [4.69, 9.17) is 0 Å². The lowest BCUT2D eigenvalue weighted by Gasteiger charge is -2.19. The van der Waals surface area contributed by atoms with Crippen molar-refractivity contribution in [1.82, 2.24) is 14.8 Å². The lowest BCUT2D eigenvalue weighted by Crippen LogP contribution is -2.19. The van der Waals surface area contributed by atoms with E-state index in [1.807, 2.05) is 6.07 Å². The van der Waals surface area contributed by atoms with E-state index in [1.165, 1.54) is 7.05 Å². The summed E-state index contributed by atoms with van der Waals surface area (Å²) in [5.74, 6) is 0. The van der Waals surface area contributed by atoms with Gasteiger partial charge in [-0.3, -0.25) is 9.19 Å². The number of aromatic nitrogens is 3. The largest absolute Gasteiger partial charge is 0.755 e. The van der Waals surface area contributed by atoms with Gasteiger partial charge in [-0.05, 0) is 28.1 Å². The highest BCUT2D eigenvalue weighted by molar-refractivity contribution is 9.10. The van der Waals surface area contributed by atoms with Crippen LogP contribution < -0.4 is 4.31 Å². The van der Waals surface area contributed by atoms with E-state index in [0.717, 1.165) is 9.99 Å². The summed E-state index contributed by atoms with van der Waals surface area (Å²) in [5.41, 5.74) is 1.21. The number of hydrogen-bond acceptors (Lipinski definition) is 4. The number of hydrogen-bond donors (Lipinski definition) is 0. The standard InChI is InChI=1S/C9H9BrN4O2S/c1-13(17(15)16)8-6-14(12-9(8)10)7-3-2-4-11-5-7/h2-6H,1H3,(H,15,16)/p-1. The van der Waals surface area contributed by atoms with Gasteiger partial charge in [-0.15, -0.1) is 0 Å². The van der Waals surface area contributed by atoms with E-state index in [9.17, 15) is 8.76 Å². The first-order valence-electron chi connectivity index (χ1n) is 4.58. The van der Waals surface area contributed by atoms with Crippen LogP contribution in [-0.2, 0) is 11.3 Å². The van der Waals surface area contributed by atoms with Crippen LogP contribution in [0.15, 0.2) is 35.3 Å². The fourth-order valence-electron chi connectivity index (χ4n) is 1.26. The molecule has 0 bridgehead atoms. The Hall–Kier alpha value is -1.25. The van der Waals surface area contributed by atoms with E-state index < -0.39 is 11.3 Å². The Morgan fingerprint density at radius 1 is 1.59 bits per heavy atom.